The van der Waals surface area contributed by atoms with E-state index < -0.39 is 0 Å². The number of hydrogen-bond acceptors (Lipinski definition) is 4. The largest absolute Gasteiger partial charge is 0.495 e. The Morgan fingerprint density at radius 3 is 2.56 bits per heavy atom. The lowest BCUT2D eigenvalue weighted by molar-refractivity contribution is -0.0756. The number of hydrogen-bond donors (Lipinski definition) is 1. The molecule has 1 amide bonds. The van der Waals surface area contributed by atoms with E-state index >= 15 is 0 Å². The van der Waals surface area contributed by atoms with Crippen LogP contribution in [-0.4, -0.2) is 32.2 Å². The normalized spacial score (nSPS) is 10.0. The fourth-order valence-electron chi connectivity index (χ4n) is 1.19. The zero-order valence-electron chi connectivity index (χ0n) is 9.28. The van der Waals surface area contributed by atoms with E-state index in [-0.39, 0.29) is 5.91 Å². The molecule has 88 valence electrons. The van der Waals surface area contributed by atoms with Crippen molar-refractivity contribution in [2.45, 2.75) is 0 Å². The van der Waals surface area contributed by atoms with Crippen molar-refractivity contribution in [3.05, 3.63) is 22.2 Å². The Hall–Kier alpha value is -1.27. The molecule has 6 heteroatoms. The molecule has 0 bridgehead atoms. The number of amides is 1. The Balaban J connectivity index is 3.23. The third kappa shape index (κ3) is 2.45. The summed E-state index contributed by atoms with van der Waals surface area (Å²) in [5, 5.41) is 1.09. The second-order valence-electron chi connectivity index (χ2n) is 3.05. The summed E-state index contributed by atoms with van der Waals surface area (Å²) in [6.07, 6.45) is 0. The number of carbonyl (C=O) groups is 1. The van der Waals surface area contributed by atoms with Crippen LogP contribution in [0.3, 0.4) is 0 Å². The van der Waals surface area contributed by atoms with E-state index in [1.807, 2.05) is 0 Å². The number of nitrogen functional groups attached to an aromatic ring is 1. The Morgan fingerprint density at radius 2 is 2.06 bits per heavy atom. The second-order valence-corrected chi connectivity index (χ2v) is 3.97. The van der Waals surface area contributed by atoms with Gasteiger partial charge in [-0.15, -0.1) is 0 Å². The zero-order valence-corrected chi connectivity index (χ0v) is 10.9. The molecular weight excluding hydrogens is 276 g/mol. The molecule has 5 nitrogen and oxygen atoms in total. The first-order valence-electron chi connectivity index (χ1n) is 4.46. The maximum absolute atomic E-state index is 11.9. The van der Waals surface area contributed by atoms with Gasteiger partial charge in [0.15, 0.2) is 0 Å². The lowest BCUT2D eigenvalue weighted by atomic mass is 10.1. The van der Waals surface area contributed by atoms with Gasteiger partial charge in [-0.3, -0.25) is 9.63 Å². The van der Waals surface area contributed by atoms with Crippen molar-refractivity contribution in [1.29, 1.82) is 0 Å². The maximum Gasteiger partial charge on any atom is 0.279 e. The summed E-state index contributed by atoms with van der Waals surface area (Å²) in [5.41, 5.74) is 6.43. The molecule has 1 rings (SSSR count). The maximum atomic E-state index is 11.9. The molecule has 1 aromatic carbocycles. The molecule has 2 N–H and O–H groups in total. The van der Waals surface area contributed by atoms with Crippen LogP contribution in [0.25, 0.3) is 0 Å². The molecule has 16 heavy (non-hydrogen) atoms. The molecule has 0 aliphatic heterocycles. The van der Waals surface area contributed by atoms with Crippen molar-refractivity contribution in [3.8, 4) is 5.75 Å². The van der Waals surface area contributed by atoms with Crippen LogP contribution in [0.2, 0.25) is 0 Å². The quantitative estimate of drug-likeness (QED) is 0.679. The number of benzene rings is 1. The van der Waals surface area contributed by atoms with E-state index in [2.05, 4.69) is 15.9 Å². The predicted molar refractivity (Wildman–Crippen MR) is 64.2 cm³/mol. The fraction of sp³-hybridized carbons (Fsp3) is 0.300. The minimum Gasteiger partial charge on any atom is -0.495 e. The zero-order chi connectivity index (χ0) is 12.3. The number of ether oxygens (including phenoxy) is 1. The van der Waals surface area contributed by atoms with Crippen LogP contribution in [0.5, 0.6) is 5.75 Å². The molecule has 0 aromatic heterocycles. The minimum absolute atomic E-state index is 0.291. The van der Waals surface area contributed by atoms with Crippen LogP contribution in [0.15, 0.2) is 16.6 Å². The summed E-state index contributed by atoms with van der Waals surface area (Å²) >= 11 is 3.28. The van der Waals surface area contributed by atoms with E-state index in [0.29, 0.717) is 21.5 Å². The molecule has 0 unspecified atom stereocenters. The third-order valence-corrected chi connectivity index (χ3v) is 2.57. The van der Waals surface area contributed by atoms with Gasteiger partial charge in [-0.2, -0.15) is 0 Å². The predicted octanol–water partition coefficient (Wildman–Crippen LogP) is 1.67. The Bertz CT molecular complexity index is 409. The van der Waals surface area contributed by atoms with Crippen molar-refractivity contribution in [3.63, 3.8) is 0 Å². The summed E-state index contributed by atoms with van der Waals surface area (Å²) < 4.78 is 5.78. The lowest BCUT2D eigenvalue weighted by Gasteiger charge is -2.16. The number of hydroxylamine groups is 2. The van der Waals surface area contributed by atoms with E-state index in [0.717, 1.165) is 5.06 Å². The van der Waals surface area contributed by atoms with Gasteiger partial charge in [-0.25, -0.2) is 5.06 Å². The van der Waals surface area contributed by atoms with Crippen molar-refractivity contribution in [2.75, 3.05) is 27.0 Å². The number of nitrogens with two attached hydrogens (primary N) is 1. The minimum atomic E-state index is -0.334. The summed E-state index contributed by atoms with van der Waals surface area (Å²) in [5.74, 6) is 0.113. The summed E-state index contributed by atoms with van der Waals surface area (Å²) in [6, 6.07) is 3.31. The van der Waals surface area contributed by atoms with Gasteiger partial charge in [0.2, 0.25) is 0 Å². The average molecular weight is 289 g/mol. The van der Waals surface area contributed by atoms with Crippen LogP contribution >= 0.6 is 15.9 Å². The highest BCUT2D eigenvalue weighted by Crippen LogP contribution is 2.30. The number of carbonyl (C=O) groups excluding carboxylic acids is 1. The molecule has 0 saturated carbocycles. The summed E-state index contributed by atoms with van der Waals surface area (Å²) in [7, 11) is 4.41. The van der Waals surface area contributed by atoms with E-state index in [9.17, 15) is 4.79 Å². The Kier molecular flexibility index (Phi) is 4.14. The molecule has 0 radical (unpaired) electrons. The van der Waals surface area contributed by atoms with Crippen LogP contribution in [0.4, 0.5) is 5.69 Å². The first-order valence-corrected chi connectivity index (χ1v) is 5.25. The topological polar surface area (TPSA) is 64.8 Å². The van der Waals surface area contributed by atoms with E-state index in [1.165, 1.54) is 21.3 Å². The molecule has 1 aromatic rings. The van der Waals surface area contributed by atoms with Gasteiger partial charge < -0.3 is 10.5 Å². The highest BCUT2D eigenvalue weighted by Gasteiger charge is 2.18. The third-order valence-electron chi connectivity index (χ3n) is 2.12. The lowest BCUT2D eigenvalue weighted by Crippen LogP contribution is -2.26. The number of methoxy groups -OCH3 is 1. The Morgan fingerprint density at radius 1 is 1.44 bits per heavy atom. The van der Waals surface area contributed by atoms with Crippen molar-refractivity contribution in [2.24, 2.45) is 0 Å². The van der Waals surface area contributed by atoms with Gasteiger partial charge >= 0.3 is 0 Å². The highest BCUT2D eigenvalue weighted by atomic mass is 79.9. The van der Waals surface area contributed by atoms with Gasteiger partial charge in [0, 0.05) is 11.5 Å². The van der Waals surface area contributed by atoms with Gasteiger partial charge in [-0.05, 0) is 12.1 Å². The van der Waals surface area contributed by atoms with Gasteiger partial charge in [0.1, 0.15) is 5.75 Å². The standard InChI is InChI=1S/C10H13BrN2O3/c1-13(16-3)10(14)7-4-6(11)5-8(15-2)9(7)12/h4-5H,12H2,1-3H3. The molecule has 0 aliphatic carbocycles. The SMILES string of the molecule is COc1cc(Br)cc(C(=O)N(C)OC)c1N. The first kappa shape index (κ1) is 12.8. The number of rotatable bonds is 3. The number of nitrogens with zero attached hydrogens (tertiary/aromatic N) is 1. The number of anilines is 1. The Labute approximate surface area is 102 Å². The molecule has 0 atom stereocenters. The smallest absolute Gasteiger partial charge is 0.279 e. The summed E-state index contributed by atoms with van der Waals surface area (Å²) in [6.45, 7) is 0. The number of halogens is 1. The van der Waals surface area contributed by atoms with E-state index in [4.69, 9.17) is 15.3 Å². The van der Waals surface area contributed by atoms with E-state index in [1.54, 1.807) is 12.1 Å². The fourth-order valence-corrected chi connectivity index (χ4v) is 1.63. The van der Waals surface area contributed by atoms with Crippen LogP contribution in [0.1, 0.15) is 10.4 Å². The van der Waals surface area contributed by atoms with Crippen LogP contribution in [0, 0.1) is 0 Å². The second kappa shape index (κ2) is 5.18. The highest BCUT2D eigenvalue weighted by molar-refractivity contribution is 9.10. The van der Waals surface area contributed by atoms with Crippen LogP contribution in [-0.2, 0) is 4.84 Å². The monoisotopic (exact) mass is 288 g/mol. The molecule has 0 aliphatic rings. The van der Waals surface area contributed by atoms with Gasteiger partial charge in [-0.1, -0.05) is 15.9 Å². The molecule has 0 heterocycles. The van der Waals surface area contributed by atoms with Crippen molar-refractivity contribution < 1.29 is 14.4 Å². The van der Waals surface area contributed by atoms with Gasteiger partial charge in [0.05, 0.1) is 25.5 Å². The molecule has 0 fully saturated rings. The molecular formula is C10H13BrN2O3. The summed E-state index contributed by atoms with van der Waals surface area (Å²) in [4.78, 5) is 16.7. The van der Waals surface area contributed by atoms with Crippen LogP contribution < -0.4 is 10.5 Å². The first-order chi connectivity index (χ1) is 7.51. The van der Waals surface area contributed by atoms with Crippen molar-refractivity contribution >= 4 is 27.5 Å². The van der Waals surface area contributed by atoms with Crippen molar-refractivity contribution in [1.82, 2.24) is 5.06 Å². The molecule has 0 spiro atoms. The van der Waals surface area contributed by atoms with Gasteiger partial charge in [0.25, 0.3) is 5.91 Å². The molecule has 0 saturated heterocycles. The average Bonchev–Trinajstić information content (AvgIpc) is 2.29.